The Hall–Kier alpha value is -2.71. The highest BCUT2D eigenvalue weighted by atomic mass is 32.1. The third kappa shape index (κ3) is 4.68. The van der Waals surface area contributed by atoms with Gasteiger partial charge in [-0.15, -0.1) is 11.3 Å². The van der Waals surface area contributed by atoms with Crippen LogP contribution in [0.15, 0.2) is 0 Å². The first-order valence-corrected chi connectivity index (χ1v) is 11.2. The van der Waals surface area contributed by atoms with Gasteiger partial charge in [-0.1, -0.05) is 20.8 Å². The normalized spacial score (nSPS) is 15.4. The average molecular weight is 500 g/mol. The largest absolute Gasteiger partial charge is 0.491 e. The molecule has 1 aliphatic rings. The molecule has 0 saturated heterocycles. The van der Waals surface area contributed by atoms with Crippen molar-refractivity contribution in [1.82, 2.24) is 5.32 Å². The van der Waals surface area contributed by atoms with Gasteiger partial charge in [0.05, 0.1) is 12.7 Å². The van der Waals surface area contributed by atoms with Crippen molar-refractivity contribution in [3.05, 3.63) is 44.8 Å². The predicted molar refractivity (Wildman–Crippen MR) is 121 cm³/mol. The Balaban J connectivity index is 1.82. The van der Waals surface area contributed by atoms with Crippen LogP contribution in [0.3, 0.4) is 0 Å². The standard InChI is InChI=1S/C22H21F4N3O2S2/c1-22(2,3)9-5-6-10-11(8-27)20(33-12(10)7-9)29-21(32)28-19(30)13-14(23)16(25)18(31-4)17(26)15(13)24/h9H,5-7H2,1-4H3,(H2,28,29,30,32). The Morgan fingerprint density at radius 3 is 2.30 bits per heavy atom. The van der Waals surface area contributed by atoms with Crippen LogP contribution in [0.4, 0.5) is 22.6 Å². The van der Waals surface area contributed by atoms with E-state index in [1.807, 2.05) is 5.32 Å². The molecule has 1 atom stereocenters. The third-order valence-electron chi connectivity index (χ3n) is 5.71. The van der Waals surface area contributed by atoms with Crippen molar-refractivity contribution in [2.24, 2.45) is 11.3 Å². The molecule has 176 valence electrons. The maximum atomic E-state index is 14.2. The van der Waals surface area contributed by atoms with Gasteiger partial charge in [0.1, 0.15) is 16.6 Å². The van der Waals surface area contributed by atoms with Crippen LogP contribution in [0.2, 0.25) is 0 Å². The van der Waals surface area contributed by atoms with Gasteiger partial charge in [0.15, 0.2) is 22.5 Å². The van der Waals surface area contributed by atoms with E-state index in [1.54, 1.807) is 0 Å². The van der Waals surface area contributed by atoms with Crippen molar-refractivity contribution < 1.29 is 27.1 Å². The molecule has 0 spiro atoms. The van der Waals surface area contributed by atoms with Gasteiger partial charge in [-0.3, -0.25) is 10.1 Å². The Morgan fingerprint density at radius 2 is 1.79 bits per heavy atom. The number of methoxy groups -OCH3 is 1. The number of anilines is 1. The Bertz CT molecular complexity index is 1150. The van der Waals surface area contributed by atoms with Crippen LogP contribution < -0.4 is 15.4 Å². The van der Waals surface area contributed by atoms with E-state index >= 15 is 0 Å². The fraction of sp³-hybridized carbons (Fsp3) is 0.409. The van der Waals surface area contributed by atoms with E-state index < -0.39 is 40.5 Å². The number of fused-ring (bicyclic) bond motifs is 1. The Kier molecular flexibility index (Phi) is 7.00. The molecule has 1 aliphatic carbocycles. The zero-order valence-electron chi connectivity index (χ0n) is 18.3. The zero-order chi connectivity index (χ0) is 24.7. The number of hydrogen-bond donors (Lipinski definition) is 2. The number of ether oxygens (including phenoxy) is 1. The summed E-state index contributed by atoms with van der Waals surface area (Å²) in [7, 11) is 0.830. The zero-order valence-corrected chi connectivity index (χ0v) is 19.9. The molecule has 2 N–H and O–H groups in total. The SMILES string of the molecule is COc1c(F)c(F)c(C(=O)NC(=S)Nc2sc3c(c2C#N)CCC(C(C)(C)C)C3)c(F)c1F. The molecular formula is C22H21F4N3O2S2. The van der Waals surface area contributed by atoms with Crippen molar-refractivity contribution in [1.29, 1.82) is 5.26 Å². The smallest absolute Gasteiger partial charge is 0.263 e. The summed E-state index contributed by atoms with van der Waals surface area (Å²) in [5, 5.41) is 14.4. The molecule has 1 amide bonds. The van der Waals surface area contributed by atoms with E-state index in [1.165, 1.54) is 11.3 Å². The summed E-state index contributed by atoms with van der Waals surface area (Å²) < 4.78 is 60.5. The fourth-order valence-electron chi connectivity index (χ4n) is 3.82. The number of amides is 1. The van der Waals surface area contributed by atoms with Crippen molar-refractivity contribution in [3.8, 4) is 11.8 Å². The van der Waals surface area contributed by atoms with Crippen LogP contribution in [0.5, 0.6) is 5.75 Å². The lowest BCUT2D eigenvalue weighted by molar-refractivity contribution is 0.0966. The summed E-state index contributed by atoms with van der Waals surface area (Å²) >= 11 is 6.36. The first-order valence-electron chi connectivity index (χ1n) is 9.97. The molecule has 0 saturated carbocycles. The number of nitrogens with one attached hydrogen (secondary N) is 2. The van der Waals surface area contributed by atoms with Crippen LogP contribution in [-0.4, -0.2) is 18.1 Å². The van der Waals surface area contributed by atoms with Crippen molar-refractivity contribution in [3.63, 3.8) is 0 Å². The number of carbonyl (C=O) groups is 1. The van der Waals surface area contributed by atoms with E-state index in [9.17, 15) is 27.6 Å². The second kappa shape index (κ2) is 9.27. The van der Waals surface area contributed by atoms with Gasteiger partial charge in [-0.2, -0.15) is 14.0 Å². The lowest BCUT2D eigenvalue weighted by Crippen LogP contribution is -2.35. The lowest BCUT2D eigenvalue weighted by Gasteiger charge is -2.33. The van der Waals surface area contributed by atoms with Gasteiger partial charge in [0, 0.05) is 4.88 Å². The van der Waals surface area contributed by atoms with Gasteiger partial charge in [0.2, 0.25) is 11.6 Å². The Labute approximate surface area is 197 Å². The number of rotatable bonds is 3. The average Bonchev–Trinajstić information content (AvgIpc) is 3.08. The highest BCUT2D eigenvalue weighted by Gasteiger charge is 2.33. The topological polar surface area (TPSA) is 74.2 Å². The van der Waals surface area contributed by atoms with Crippen molar-refractivity contribution >= 4 is 39.6 Å². The van der Waals surface area contributed by atoms with Gasteiger partial charge < -0.3 is 10.1 Å². The van der Waals surface area contributed by atoms with Gasteiger partial charge in [0.25, 0.3) is 5.91 Å². The first-order chi connectivity index (χ1) is 15.4. The predicted octanol–water partition coefficient (Wildman–Crippen LogP) is 5.46. The lowest BCUT2D eigenvalue weighted by atomic mass is 9.72. The van der Waals surface area contributed by atoms with E-state index in [4.69, 9.17) is 12.2 Å². The van der Waals surface area contributed by atoms with Crippen LogP contribution in [0.25, 0.3) is 0 Å². The number of halogens is 4. The number of nitriles is 1. The van der Waals surface area contributed by atoms with Crippen LogP contribution in [-0.2, 0) is 12.8 Å². The maximum absolute atomic E-state index is 14.2. The molecule has 11 heteroatoms. The van der Waals surface area contributed by atoms with E-state index in [-0.39, 0.29) is 10.5 Å². The van der Waals surface area contributed by atoms with E-state index in [0.29, 0.717) is 16.5 Å². The molecule has 5 nitrogen and oxygen atoms in total. The molecule has 0 radical (unpaired) electrons. The molecule has 1 heterocycles. The third-order valence-corrected chi connectivity index (χ3v) is 7.08. The fourth-order valence-corrected chi connectivity index (χ4v) is 5.36. The van der Waals surface area contributed by atoms with E-state index in [0.717, 1.165) is 36.8 Å². The highest BCUT2D eigenvalue weighted by Crippen LogP contribution is 2.44. The molecule has 33 heavy (non-hydrogen) atoms. The highest BCUT2D eigenvalue weighted by molar-refractivity contribution is 7.80. The summed E-state index contributed by atoms with van der Waals surface area (Å²) in [6.45, 7) is 6.48. The van der Waals surface area contributed by atoms with E-state index in [2.05, 4.69) is 36.9 Å². The molecule has 3 rings (SSSR count). The van der Waals surface area contributed by atoms with Crippen molar-refractivity contribution in [2.45, 2.75) is 40.0 Å². The molecule has 1 aromatic heterocycles. The summed E-state index contributed by atoms with van der Waals surface area (Å²) in [5.41, 5.74) is -0.0783. The number of benzene rings is 1. The quantitative estimate of drug-likeness (QED) is 0.333. The first kappa shape index (κ1) is 24.9. The molecular weight excluding hydrogens is 478 g/mol. The molecule has 2 aromatic rings. The number of nitrogens with zero attached hydrogens (tertiary/aromatic N) is 1. The summed E-state index contributed by atoms with van der Waals surface area (Å²) in [4.78, 5) is 13.4. The van der Waals surface area contributed by atoms with Crippen molar-refractivity contribution in [2.75, 3.05) is 12.4 Å². The van der Waals surface area contributed by atoms with Gasteiger partial charge in [-0.05, 0) is 48.4 Å². The number of carbonyl (C=O) groups excluding carboxylic acids is 1. The number of thiophene rings is 1. The monoisotopic (exact) mass is 499 g/mol. The molecule has 1 aromatic carbocycles. The van der Waals surface area contributed by atoms with Gasteiger partial charge >= 0.3 is 0 Å². The maximum Gasteiger partial charge on any atom is 0.263 e. The molecule has 0 fully saturated rings. The summed E-state index contributed by atoms with van der Waals surface area (Å²) in [6, 6.07) is 2.14. The second-order valence-corrected chi connectivity index (χ2v) is 10.2. The van der Waals surface area contributed by atoms with Crippen LogP contribution >= 0.6 is 23.6 Å². The second-order valence-electron chi connectivity index (χ2n) is 8.70. The van der Waals surface area contributed by atoms with Gasteiger partial charge in [-0.25, -0.2) is 8.78 Å². The summed E-state index contributed by atoms with van der Waals surface area (Å²) in [6.07, 6.45) is 2.44. The minimum absolute atomic E-state index is 0.0996. The Morgan fingerprint density at radius 1 is 1.18 bits per heavy atom. The summed E-state index contributed by atoms with van der Waals surface area (Å²) in [5.74, 6) is -9.85. The molecule has 0 bridgehead atoms. The number of hydrogen-bond acceptors (Lipinski definition) is 5. The molecule has 1 unspecified atom stereocenters. The van der Waals surface area contributed by atoms with Crippen LogP contribution in [0.1, 0.15) is 53.6 Å². The number of thiocarbonyl (C=S) groups is 1. The minimum atomic E-state index is -1.91. The minimum Gasteiger partial charge on any atom is -0.491 e. The molecule has 0 aliphatic heterocycles. The van der Waals surface area contributed by atoms with Crippen LogP contribution in [0, 0.1) is 45.9 Å².